The van der Waals surface area contributed by atoms with Gasteiger partial charge in [0.15, 0.2) is 12.2 Å². The van der Waals surface area contributed by atoms with E-state index in [-0.39, 0.29) is 25.7 Å². The fraction of sp³-hybridized carbons (Fsp3) is 0.941. The Bertz CT molecular complexity index is 1720. The Labute approximate surface area is 530 Å². The van der Waals surface area contributed by atoms with E-state index < -0.39 is 97.5 Å². The Morgan fingerprint density at radius 3 is 0.874 bits per heavy atom. The molecule has 0 saturated carbocycles. The zero-order chi connectivity index (χ0) is 64.5. The van der Waals surface area contributed by atoms with Crippen molar-refractivity contribution in [3.05, 3.63) is 0 Å². The smallest absolute Gasteiger partial charge is 0.462 e. The predicted molar refractivity (Wildman–Crippen MR) is 349 cm³/mol. The Morgan fingerprint density at radius 1 is 0.333 bits per heavy atom. The van der Waals surface area contributed by atoms with Gasteiger partial charge in [0.05, 0.1) is 26.4 Å². The van der Waals surface area contributed by atoms with Gasteiger partial charge in [-0.25, -0.2) is 9.13 Å². The van der Waals surface area contributed by atoms with Crippen LogP contribution in [0.2, 0.25) is 0 Å². The zero-order valence-corrected chi connectivity index (χ0v) is 58.3. The van der Waals surface area contributed by atoms with Gasteiger partial charge in [-0.05, 0) is 43.4 Å². The van der Waals surface area contributed by atoms with Crippen molar-refractivity contribution in [2.45, 2.75) is 356 Å². The number of hydrogen-bond donors (Lipinski definition) is 3. The van der Waals surface area contributed by atoms with Gasteiger partial charge in [0.1, 0.15) is 19.3 Å². The summed E-state index contributed by atoms with van der Waals surface area (Å²) in [7, 11) is -9.90. The SMILES string of the molecule is CCCCCCCCCCCCCCC(=O)OC[C@H](COP(=O)(O)OC[C@@H](O)COP(=O)(O)OC[C@@H](COC(=O)CCCCCCCCC(C)CC)OC(=O)CCCCCCCCCC(C)C)OC(=O)CCCCCCCCCCCCCCC(C)C. The highest BCUT2D eigenvalue weighted by atomic mass is 31.2. The largest absolute Gasteiger partial charge is 0.472 e. The summed E-state index contributed by atoms with van der Waals surface area (Å²) < 4.78 is 68.2. The van der Waals surface area contributed by atoms with Gasteiger partial charge < -0.3 is 33.8 Å². The molecule has 0 aromatic carbocycles. The molecule has 3 unspecified atom stereocenters. The summed E-state index contributed by atoms with van der Waals surface area (Å²) >= 11 is 0. The average molecular weight is 1280 g/mol. The van der Waals surface area contributed by atoms with E-state index in [2.05, 4.69) is 48.5 Å². The summed E-state index contributed by atoms with van der Waals surface area (Å²) in [4.78, 5) is 72.4. The van der Waals surface area contributed by atoms with Gasteiger partial charge in [-0.2, -0.15) is 0 Å². The highest BCUT2D eigenvalue weighted by Crippen LogP contribution is 2.45. The van der Waals surface area contributed by atoms with Crippen LogP contribution < -0.4 is 0 Å². The first-order valence-electron chi connectivity index (χ1n) is 35.4. The van der Waals surface area contributed by atoms with Crippen molar-refractivity contribution in [1.82, 2.24) is 0 Å². The third kappa shape index (κ3) is 61.3. The van der Waals surface area contributed by atoms with E-state index in [0.717, 1.165) is 108 Å². The average Bonchev–Trinajstić information content (AvgIpc) is 3.69. The van der Waals surface area contributed by atoms with Gasteiger partial charge in [-0.1, -0.05) is 286 Å². The number of unbranched alkanes of at least 4 members (excludes halogenated alkanes) is 33. The van der Waals surface area contributed by atoms with Crippen molar-refractivity contribution < 1.29 is 80.2 Å². The fourth-order valence-electron chi connectivity index (χ4n) is 10.2. The van der Waals surface area contributed by atoms with Crippen LogP contribution in [0.3, 0.4) is 0 Å². The Kier molecular flexibility index (Phi) is 57.8. The summed E-state index contributed by atoms with van der Waals surface area (Å²) in [6.07, 6.45) is 41.7. The van der Waals surface area contributed by atoms with Gasteiger partial charge in [-0.15, -0.1) is 0 Å². The van der Waals surface area contributed by atoms with Gasteiger partial charge in [-0.3, -0.25) is 37.3 Å². The monoisotopic (exact) mass is 1280 g/mol. The number of carbonyl (C=O) groups excluding carboxylic acids is 4. The highest BCUT2D eigenvalue weighted by Gasteiger charge is 2.30. The second kappa shape index (κ2) is 59.1. The maximum absolute atomic E-state index is 13.0. The number of carbonyl (C=O) groups is 4. The summed E-state index contributed by atoms with van der Waals surface area (Å²) in [5.41, 5.74) is 0. The molecule has 17 nitrogen and oxygen atoms in total. The minimum absolute atomic E-state index is 0.102. The fourth-order valence-corrected chi connectivity index (χ4v) is 11.7. The number of aliphatic hydroxyl groups excluding tert-OH is 1. The minimum Gasteiger partial charge on any atom is -0.462 e. The van der Waals surface area contributed by atoms with Crippen molar-refractivity contribution in [2.75, 3.05) is 39.6 Å². The molecule has 0 fully saturated rings. The number of phosphoric ester groups is 2. The van der Waals surface area contributed by atoms with Crippen molar-refractivity contribution in [2.24, 2.45) is 17.8 Å². The van der Waals surface area contributed by atoms with Crippen molar-refractivity contribution in [1.29, 1.82) is 0 Å². The van der Waals surface area contributed by atoms with Crippen LogP contribution in [0.4, 0.5) is 0 Å². The number of aliphatic hydroxyl groups is 1. The Balaban J connectivity index is 5.25. The summed E-state index contributed by atoms with van der Waals surface area (Å²) in [5, 5.41) is 10.6. The molecule has 19 heteroatoms. The van der Waals surface area contributed by atoms with E-state index in [1.165, 1.54) is 141 Å². The topological polar surface area (TPSA) is 237 Å². The lowest BCUT2D eigenvalue weighted by Crippen LogP contribution is -2.30. The van der Waals surface area contributed by atoms with Crippen molar-refractivity contribution in [3.8, 4) is 0 Å². The first-order chi connectivity index (χ1) is 41.8. The van der Waals surface area contributed by atoms with E-state index in [4.69, 9.17) is 37.0 Å². The van der Waals surface area contributed by atoms with Crippen LogP contribution in [-0.4, -0.2) is 96.7 Å². The number of rotatable bonds is 66. The number of ether oxygens (including phenoxy) is 4. The molecule has 0 aromatic rings. The van der Waals surface area contributed by atoms with E-state index in [0.29, 0.717) is 31.6 Å². The van der Waals surface area contributed by atoms with Crippen LogP contribution in [-0.2, 0) is 65.4 Å². The molecule has 0 aliphatic rings. The molecule has 0 spiro atoms. The summed E-state index contributed by atoms with van der Waals surface area (Å²) in [6, 6.07) is 0. The molecule has 0 aliphatic carbocycles. The second-order valence-corrected chi connectivity index (χ2v) is 28.7. The Hall–Kier alpha value is -1.94. The van der Waals surface area contributed by atoms with Crippen LogP contribution in [0.1, 0.15) is 337 Å². The molecular formula is C68H132O17P2. The molecule has 0 heterocycles. The first kappa shape index (κ1) is 85.1. The molecule has 0 radical (unpaired) electrons. The van der Waals surface area contributed by atoms with Crippen molar-refractivity contribution >= 4 is 39.5 Å². The second-order valence-electron chi connectivity index (χ2n) is 25.8. The van der Waals surface area contributed by atoms with E-state index >= 15 is 0 Å². The molecule has 87 heavy (non-hydrogen) atoms. The Morgan fingerprint density at radius 2 is 0.586 bits per heavy atom. The van der Waals surface area contributed by atoms with Crippen molar-refractivity contribution in [3.63, 3.8) is 0 Å². The van der Waals surface area contributed by atoms with Crippen LogP contribution in [0.25, 0.3) is 0 Å². The third-order valence-electron chi connectivity index (χ3n) is 16.0. The zero-order valence-electron chi connectivity index (χ0n) is 56.5. The van der Waals surface area contributed by atoms with E-state index in [9.17, 15) is 43.2 Å². The summed E-state index contributed by atoms with van der Waals surface area (Å²) in [6.45, 7) is 11.7. The highest BCUT2D eigenvalue weighted by molar-refractivity contribution is 7.47. The molecule has 3 N–H and O–H groups in total. The lowest BCUT2D eigenvalue weighted by atomic mass is 10.00. The number of esters is 4. The standard InChI is InChI=1S/C68H132O17P2/c1-8-10-11-12-13-14-15-19-22-27-35-42-49-65(70)78-55-63(84-67(72)51-44-37-28-23-20-17-16-18-21-25-32-39-46-59(3)4)57-82-86(74,75)80-53-62(69)54-81-87(76,77)83-58-64(85-68(73)52-45-38-29-24-26-33-40-47-60(5)6)56-79-66(71)50-43-36-31-30-34-41-48-61(7)9-2/h59-64,69H,8-58H2,1-7H3,(H,74,75)(H,76,77)/t61?,62-,63-,64-/m1/s1. The van der Waals surface area contributed by atoms with Gasteiger partial charge in [0, 0.05) is 25.7 Å². The number of hydrogen-bond acceptors (Lipinski definition) is 15. The molecule has 0 amide bonds. The lowest BCUT2D eigenvalue weighted by molar-refractivity contribution is -0.161. The maximum Gasteiger partial charge on any atom is 0.472 e. The molecule has 0 aromatic heterocycles. The maximum atomic E-state index is 13.0. The number of phosphoric acid groups is 2. The van der Waals surface area contributed by atoms with E-state index in [1.807, 2.05) is 0 Å². The molecule has 0 bridgehead atoms. The quantitative estimate of drug-likeness (QED) is 0.0222. The normalized spacial score (nSPS) is 14.6. The predicted octanol–water partition coefficient (Wildman–Crippen LogP) is 19.1. The molecule has 0 saturated heterocycles. The van der Waals surface area contributed by atoms with Gasteiger partial charge >= 0.3 is 39.5 Å². The van der Waals surface area contributed by atoms with Crippen LogP contribution in [0, 0.1) is 17.8 Å². The third-order valence-corrected chi connectivity index (χ3v) is 17.9. The molecule has 516 valence electrons. The van der Waals surface area contributed by atoms with Gasteiger partial charge in [0.2, 0.25) is 0 Å². The van der Waals surface area contributed by atoms with E-state index in [1.54, 1.807) is 0 Å². The van der Waals surface area contributed by atoms with Gasteiger partial charge in [0.25, 0.3) is 0 Å². The van der Waals surface area contributed by atoms with Crippen LogP contribution >= 0.6 is 15.6 Å². The minimum atomic E-state index is -4.95. The molecule has 0 aliphatic heterocycles. The van der Waals surface area contributed by atoms with Crippen LogP contribution in [0.5, 0.6) is 0 Å². The van der Waals surface area contributed by atoms with Crippen LogP contribution in [0.15, 0.2) is 0 Å². The molecule has 0 rings (SSSR count). The molecular weight excluding hydrogens is 1150 g/mol. The lowest BCUT2D eigenvalue weighted by Gasteiger charge is -2.21. The summed E-state index contributed by atoms with van der Waals surface area (Å²) in [5.74, 6) is 0.0719. The molecule has 6 atom stereocenters. The first-order valence-corrected chi connectivity index (χ1v) is 38.4.